The van der Waals surface area contributed by atoms with Gasteiger partial charge in [0.05, 0.1) is 11.4 Å². The maximum atomic E-state index is 11.6. The van der Waals surface area contributed by atoms with E-state index < -0.39 is 0 Å². The molecule has 0 fully saturated rings. The molecule has 5 heteroatoms. The van der Waals surface area contributed by atoms with Gasteiger partial charge in [0.15, 0.2) is 0 Å². The summed E-state index contributed by atoms with van der Waals surface area (Å²) in [7, 11) is 0. The van der Waals surface area contributed by atoms with Crippen molar-refractivity contribution in [2.75, 3.05) is 0 Å². The summed E-state index contributed by atoms with van der Waals surface area (Å²) in [6.07, 6.45) is 3.37. The molecule has 86 valence electrons. The lowest BCUT2D eigenvalue weighted by molar-refractivity contribution is 0.0950. The minimum absolute atomic E-state index is 0.323. The molecule has 1 amide bonds. The molecule has 0 saturated heterocycles. The highest BCUT2D eigenvalue weighted by atomic mass is 16.2. The second-order valence-electron chi connectivity index (χ2n) is 3.44. The second-order valence-corrected chi connectivity index (χ2v) is 3.44. The summed E-state index contributed by atoms with van der Waals surface area (Å²) >= 11 is 0. The van der Waals surface area contributed by atoms with Crippen molar-refractivity contribution in [3.63, 3.8) is 0 Å². The van der Waals surface area contributed by atoms with E-state index in [0.29, 0.717) is 11.4 Å². The molecule has 2 heterocycles. The van der Waals surface area contributed by atoms with Crippen molar-refractivity contribution >= 4 is 11.6 Å². The average molecular weight is 228 g/mol. The molecule has 0 unspecified atom stereocenters. The lowest BCUT2D eigenvalue weighted by Crippen LogP contribution is -2.20. The van der Waals surface area contributed by atoms with E-state index in [1.54, 1.807) is 30.6 Å². The van der Waals surface area contributed by atoms with Crippen molar-refractivity contribution in [2.45, 2.75) is 6.92 Å². The van der Waals surface area contributed by atoms with E-state index in [1.165, 1.54) is 0 Å². The minimum Gasteiger partial charge on any atom is -0.360 e. The minimum atomic E-state index is -0.323. The number of aromatic amines is 1. The normalized spacial score (nSPS) is 11.2. The van der Waals surface area contributed by atoms with Crippen LogP contribution in [0, 0.1) is 0 Å². The van der Waals surface area contributed by atoms with Gasteiger partial charge in [-0.3, -0.25) is 9.78 Å². The first-order chi connectivity index (χ1) is 8.27. The van der Waals surface area contributed by atoms with Gasteiger partial charge in [0.1, 0.15) is 5.69 Å². The predicted molar refractivity (Wildman–Crippen MR) is 64.7 cm³/mol. The molecule has 0 aliphatic carbocycles. The number of amides is 1. The fraction of sp³-hybridized carbons (Fsp3) is 0.0833. The Labute approximate surface area is 98.6 Å². The van der Waals surface area contributed by atoms with Gasteiger partial charge in [0.2, 0.25) is 0 Å². The molecule has 2 aromatic rings. The summed E-state index contributed by atoms with van der Waals surface area (Å²) < 4.78 is 0. The largest absolute Gasteiger partial charge is 0.360 e. The van der Waals surface area contributed by atoms with Crippen molar-refractivity contribution in [3.8, 4) is 0 Å². The zero-order valence-corrected chi connectivity index (χ0v) is 9.34. The van der Waals surface area contributed by atoms with Gasteiger partial charge in [-0.05, 0) is 31.2 Å². The van der Waals surface area contributed by atoms with E-state index in [2.05, 4.69) is 20.5 Å². The smallest absolute Gasteiger partial charge is 0.289 e. The SMILES string of the molecule is C/C(=N\NC(=O)c1ccccn1)c1ccc[nH]1. The van der Waals surface area contributed by atoms with Gasteiger partial charge in [0, 0.05) is 12.4 Å². The molecule has 5 nitrogen and oxygen atoms in total. The number of aromatic nitrogens is 2. The molecule has 2 N–H and O–H groups in total. The Balaban J connectivity index is 2.04. The van der Waals surface area contributed by atoms with Crippen LogP contribution >= 0.6 is 0 Å². The summed E-state index contributed by atoms with van der Waals surface area (Å²) in [4.78, 5) is 18.6. The van der Waals surface area contributed by atoms with Crippen molar-refractivity contribution < 1.29 is 4.79 Å². The van der Waals surface area contributed by atoms with E-state index >= 15 is 0 Å². The Morgan fingerprint density at radius 1 is 1.35 bits per heavy atom. The zero-order chi connectivity index (χ0) is 12.1. The van der Waals surface area contributed by atoms with Gasteiger partial charge in [-0.25, -0.2) is 5.43 Å². The van der Waals surface area contributed by atoms with E-state index in [0.717, 1.165) is 5.69 Å². The molecule has 17 heavy (non-hydrogen) atoms. The molecule has 0 bridgehead atoms. The van der Waals surface area contributed by atoms with Crippen LogP contribution in [0.1, 0.15) is 23.1 Å². The van der Waals surface area contributed by atoms with Gasteiger partial charge in [-0.2, -0.15) is 5.10 Å². The predicted octanol–water partition coefficient (Wildman–Crippen LogP) is 1.56. The van der Waals surface area contributed by atoms with E-state index in [1.807, 2.05) is 19.1 Å². The number of rotatable bonds is 3. The van der Waals surface area contributed by atoms with Crippen molar-refractivity contribution in [2.24, 2.45) is 5.10 Å². The highest BCUT2D eigenvalue weighted by Gasteiger charge is 2.05. The number of carbonyl (C=O) groups is 1. The topological polar surface area (TPSA) is 70.1 Å². The quantitative estimate of drug-likeness (QED) is 0.618. The Morgan fingerprint density at radius 3 is 2.88 bits per heavy atom. The van der Waals surface area contributed by atoms with Crippen LogP contribution in [-0.4, -0.2) is 21.6 Å². The Hall–Kier alpha value is -2.43. The van der Waals surface area contributed by atoms with Crippen LogP contribution in [0.4, 0.5) is 0 Å². The van der Waals surface area contributed by atoms with E-state index in [4.69, 9.17) is 0 Å². The molecule has 2 aromatic heterocycles. The van der Waals surface area contributed by atoms with Crippen molar-refractivity contribution in [1.29, 1.82) is 0 Å². The van der Waals surface area contributed by atoms with Gasteiger partial charge < -0.3 is 4.98 Å². The molecule has 0 aromatic carbocycles. The highest BCUT2D eigenvalue weighted by molar-refractivity contribution is 5.99. The average Bonchev–Trinajstić information content (AvgIpc) is 2.90. The second kappa shape index (κ2) is 5.07. The number of pyridine rings is 1. The highest BCUT2D eigenvalue weighted by Crippen LogP contribution is 1.97. The number of carbonyl (C=O) groups excluding carboxylic acids is 1. The fourth-order valence-corrected chi connectivity index (χ4v) is 1.30. The number of H-pyrrole nitrogens is 1. The number of hydrazone groups is 1. The first kappa shape index (κ1) is 11.1. The molecule has 0 aliphatic heterocycles. The van der Waals surface area contributed by atoms with Gasteiger partial charge in [-0.15, -0.1) is 0 Å². The van der Waals surface area contributed by atoms with Crippen LogP contribution in [0.3, 0.4) is 0 Å². The van der Waals surface area contributed by atoms with Gasteiger partial charge >= 0.3 is 0 Å². The van der Waals surface area contributed by atoms with E-state index in [-0.39, 0.29) is 5.91 Å². The van der Waals surface area contributed by atoms with E-state index in [9.17, 15) is 4.79 Å². The maximum Gasteiger partial charge on any atom is 0.289 e. The fourth-order valence-electron chi connectivity index (χ4n) is 1.30. The summed E-state index contributed by atoms with van der Waals surface area (Å²) in [5, 5.41) is 3.99. The number of hydrogen-bond donors (Lipinski definition) is 2. The first-order valence-electron chi connectivity index (χ1n) is 5.17. The third-order valence-corrected chi connectivity index (χ3v) is 2.21. The lowest BCUT2D eigenvalue weighted by atomic mass is 10.3. The van der Waals surface area contributed by atoms with Crippen molar-refractivity contribution in [1.82, 2.24) is 15.4 Å². The molecule has 0 spiro atoms. The molecule has 0 saturated carbocycles. The van der Waals surface area contributed by atoms with Crippen LogP contribution in [-0.2, 0) is 0 Å². The molecule has 0 atom stereocenters. The Bertz CT molecular complexity index is 517. The molecular formula is C12H12N4O. The third kappa shape index (κ3) is 2.78. The standard InChI is InChI=1S/C12H12N4O/c1-9(10-6-4-8-13-10)15-16-12(17)11-5-2-3-7-14-11/h2-8,13H,1H3,(H,16,17)/b15-9+. The number of nitrogens with one attached hydrogen (secondary N) is 2. The number of hydrogen-bond acceptors (Lipinski definition) is 3. The van der Waals surface area contributed by atoms with Crippen LogP contribution in [0.5, 0.6) is 0 Å². The maximum absolute atomic E-state index is 11.6. The van der Waals surface area contributed by atoms with Crippen molar-refractivity contribution in [3.05, 3.63) is 54.1 Å². The summed E-state index contributed by atoms with van der Waals surface area (Å²) in [6.45, 7) is 1.81. The molecule has 2 rings (SSSR count). The summed E-state index contributed by atoms with van der Waals surface area (Å²) in [5.74, 6) is -0.323. The lowest BCUT2D eigenvalue weighted by Gasteiger charge is -2.00. The molecular weight excluding hydrogens is 216 g/mol. The first-order valence-corrected chi connectivity index (χ1v) is 5.17. The van der Waals surface area contributed by atoms with Crippen LogP contribution in [0.15, 0.2) is 47.8 Å². The van der Waals surface area contributed by atoms with Crippen LogP contribution in [0.2, 0.25) is 0 Å². The zero-order valence-electron chi connectivity index (χ0n) is 9.34. The molecule has 0 aliphatic rings. The van der Waals surface area contributed by atoms with Gasteiger partial charge in [-0.1, -0.05) is 6.07 Å². The monoisotopic (exact) mass is 228 g/mol. The van der Waals surface area contributed by atoms with Gasteiger partial charge in [0.25, 0.3) is 5.91 Å². The molecule has 0 radical (unpaired) electrons. The summed E-state index contributed by atoms with van der Waals surface area (Å²) in [5.41, 5.74) is 4.37. The Morgan fingerprint density at radius 2 is 2.24 bits per heavy atom. The number of nitrogens with zero attached hydrogens (tertiary/aromatic N) is 2. The summed E-state index contributed by atoms with van der Waals surface area (Å²) in [6, 6.07) is 8.89. The Kier molecular flexibility index (Phi) is 3.30. The van der Waals surface area contributed by atoms with Crippen LogP contribution < -0.4 is 5.43 Å². The van der Waals surface area contributed by atoms with Crippen LogP contribution in [0.25, 0.3) is 0 Å². The third-order valence-electron chi connectivity index (χ3n) is 2.21.